The minimum atomic E-state index is -4.18. The fraction of sp³-hybridized carbons (Fsp3) is 0.459. The lowest BCUT2D eigenvalue weighted by Gasteiger charge is -2.36. The largest absolute Gasteiger partial charge is 0.490 e. The first-order chi connectivity index (χ1) is 56.1. The summed E-state index contributed by atoms with van der Waals surface area (Å²) in [4.78, 5) is 150. The average molecular weight is 1620 g/mol. The number of aromatic nitrogens is 3. The van der Waals surface area contributed by atoms with Gasteiger partial charge < -0.3 is 77.0 Å². The second-order valence-electron chi connectivity index (χ2n) is 32.0. The van der Waals surface area contributed by atoms with Crippen molar-refractivity contribution in [1.82, 2.24) is 77.4 Å². The Morgan fingerprint density at radius 2 is 1.12 bits per heavy atom. The first kappa shape index (κ1) is 85.2. The maximum atomic E-state index is 15.4. The van der Waals surface area contributed by atoms with Crippen molar-refractivity contribution in [2.24, 2.45) is 11.3 Å². The van der Waals surface area contributed by atoms with E-state index < -0.39 is 152 Å². The van der Waals surface area contributed by atoms with E-state index in [9.17, 15) is 37.5 Å². The zero-order chi connectivity index (χ0) is 83.2. The Morgan fingerprint density at radius 3 is 1.68 bits per heavy atom. The average Bonchev–Trinajstić information content (AvgIpc) is 1.68. The Balaban J connectivity index is 0.867. The second-order valence-corrected chi connectivity index (χ2v) is 34.0. The first-order valence-electron chi connectivity index (χ1n) is 39.9. The molecule has 10 bridgehead atoms. The molecule has 4 fully saturated rings. The van der Waals surface area contributed by atoms with Gasteiger partial charge in [0.25, 0.3) is 5.91 Å². The van der Waals surface area contributed by atoms with Crippen LogP contribution in [0.5, 0.6) is 11.5 Å². The number of hydrogen-bond acceptors (Lipinski definition) is 20. The number of sulfonamides is 1. The van der Waals surface area contributed by atoms with Crippen molar-refractivity contribution in [2.75, 3.05) is 53.5 Å². The van der Waals surface area contributed by atoms with Gasteiger partial charge in [-0.1, -0.05) is 141 Å². The normalized spacial score (nSPS) is 23.2. The van der Waals surface area contributed by atoms with Crippen LogP contribution in [-0.2, 0) is 95.0 Å². The summed E-state index contributed by atoms with van der Waals surface area (Å²) in [5, 5.41) is 48.7. The highest BCUT2D eigenvalue weighted by Crippen LogP contribution is 2.34. The number of piperidine rings is 1. The number of amides is 9. The van der Waals surface area contributed by atoms with Crippen LogP contribution in [0.25, 0.3) is 21.5 Å². The van der Waals surface area contributed by atoms with Gasteiger partial charge in [0.2, 0.25) is 57.3 Å². The molecule has 6 aromatic carbocycles. The Morgan fingerprint density at radius 1 is 0.598 bits per heavy atom. The van der Waals surface area contributed by atoms with Gasteiger partial charge in [0, 0.05) is 51.6 Å². The summed E-state index contributed by atoms with van der Waals surface area (Å²) in [6.45, 7) is 9.49. The molecule has 0 radical (unpaired) electrons. The Hall–Kier alpha value is -11.2. The van der Waals surface area contributed by atoms with Crippen LogP contribution in [-0.4, -0.2) is 223 Å². The molecule has 1 aliphatic carbocycles. The number of nitrogens with one attached hydrogen (secondary N) is 10. The maximum absolute atomic E-state index is 15.4. The quantitative estimate of drug-likeness (QED) is 0.0582. The molecule has 3 unspecified atom stereocenters. The van der Waals surface area contributed by atoms with E-state index >= 15 is 24.0 Å². The number of carbonyl (C=O) groups is 10. The Kier molecular flexibility index (Phi) is 27.9. The predicted molar refractivity (Wildman–Crippen MR) is 435 cm³/mol. The van der Waals surface area contributed by atoms with Crippen LogP contribution in [0.3, 0.4) is 0 Å². The van der Waals surface area contributed by atoms with Crippen molar-refractivity contribution < 1.29 is 75.7 Å². The third-order valence-electron chi connectivity index (χ3n) is 22.4. The number of likely N-dealkylation sites (N-methyl/N-ethyl adjacent to an activating group) is 2. The van der Waals surface area contributed by atoms with Gasteiger partial charge in [0.15, 0.2) is 0 Å². The molecule has 7 aromatic rings. The van der Waals surface area contributed by atoms with E-state index in [1.54, 1.807) is 116 Å². The summed E-state index contributed by atoms with van der Waals surface area (Å²) in [5.41, 5.74) is 1.65. The highest BCUT2D eigenvalue weighted by atomic mass is 32.2. The third kappa shape index (κ3) is 22.1. The number of hydrogen-bond donors (Lipinski definition) is 11. The molecule has 622 valence electrons. The topological polar surface area (TPSA) is 410 Å². The molecule has 8 heterocycles. The standard InChI is InChI=1S/C85H105N15O16S/c1-50(86-6)75(101)93-73(58-32-34-88-35-33-58)82(108)99-48-65-45-72(99)81(107)91-67(42-54-18-24-56-14-8-10-16-59(56)38-54)77(103)89-69(79(105)96-117(112,113)66-30-31-66)40-52-22-28-64(29-23-52)116-49-61-46-100(97-95-61)62-44-71(98(47-62)83(109)74(85(3,4)5)94-76(102)51(2)87-7)80(106)90-68(43-55-19-25-57-15-9-11-17-60(57)39-55)78(104)92-70(84(110)111)41-53-20-26-63(27-21-53)114-36-12-13-37-115-65/h8-29,38-39,46,50-51,58,62,65-74,86-88H,30-37,40-45,47-49H2,1-7H3,(H,89,103)(H,90,106)(H,91,107)(H,92,104)(H,93,101)(H,94,102)(H,96,105)(H,110,111)/b13-12+/t50-,51-,62?,65?,67-,68-,69-,70-,71-,72?,73-,74+/m0/s1. The Bertz CT molecular complexity index is 4910. The van der Waals surface area contributed by atoms with Crippen LogP contribution in [0, 0.1) is 11.3 Å². The summed E-state index contributed by atoms with van der Waals surface area (Å²) in [6, 6.07) is 26.6. The van der Waals surface area contributed by atoms with Gasteiger partial charge in [0.05, 0.1) is 42.3 Å². The van der Waals surface area contributed by atoms with E-state index in [-0.39, 0.29) is 77.4 Å². The number of carboxylic acid groups (broad SMARTS) is 1. The summed E-state index contributed by atoms with van der Waals surface area (Å²) in [5.74, 6) is -7.11. The minimum Gasteiger partial charge on any atom is -0.490 e. The summed E-state index contributed by atoms with van der Waals surface area (Å²) in [6.07, 6.45) is 5.24. The lowest BCUT2D eigenvalue weighted by molar-refractivity contribution is -0.145. The highest BCUT2D eigenvalue weighted by Gasteiger charge is 2.49. The zero-order valence-electron chi connectivity index (χ0n) is 66.8. The molecule has 9 amide bonds. The monoisotopic (exact) mass is 1620 g/mol. The number of nitrogens with zero attached hydrogens (tertiary/aromatic N) is 5. The summed E-state index contributed by atoms with van der Waals surface area (Å²) in [7, 11) is -0.943. The van der Waals surface area contributed by atoms with Gasteiger partial charge in [0.1, 0.15) is 78.7 Å². The second kappa shape index (κ2) is 38.3. The van der Waals surface area contributed by atoms with Gasteiger partial charge in [-0.2, -0.15) is 0 Å². The fourth-order valence-corrected chi connectivity index (χ4v) is 16.5. The van der Waals surface area contributed by atoms with Crippen molar-refractivity contribution >= 4 is 90.7 Å². The van der Waals surface area contributed by atoms with Gasteiger partial charge in [-0.25, -0.2) is 17.9 Å². The number of benzene rings is 6. The van der Waals surface area contributed by atoms with E-state index in [4.69, 9.17) is 14.2 Å². The fourth-order valence-electron chi connectivity index (χ4n) is 15.2. The van der Waals surface area contributed by atoms with E-state index in [0.717, 1.165) is 21.5 Å². The predicted octanol–water partition coefficient (Wildman–Crippen LogP) is 3.37. The molecule has 12 atom stereocenters. The Labute approximate surface area is 679 Å². The number of rotatable bonds is 17. The van der Waals surface area contributed by atoms with Crippen LogP contribution in [0.2, 0.25) is 0 Å². The smallest absolute Gasteiger partial charge is 0.326 e. The van der Waals surface area contributed by atoms with Crippen LogP contribution in [0.1, 0.15) is 107 Å². The van der Waals surface area contributed by atoms with Gasteiger partial charge >= 0.3 is 5.97 Å². The molecule has 1 aromatic heterocycles. The van der Waals surface area contributed by atoms with Gasteiger partial charge in [-0.3, -0.25) is 47.9 Å². The van der Waals surface area contributed by atoms with Gasteiger partial charge in [-0.05, 0) is 152 Å². The van der Waals surface area contributed by atoms with E-state index in [1.807, 2.05) is 84.9 Å². The van der Waals surface area contributed by atoms with Crippen molar-refractivity contribution in [2.45, 2.75) is 183 Å². The van der Waals surface area contributed by atoms with E-state index in [2.05, 4.69) is 62.9 Å². The molecule has 1 saturated carbocycles. The molecule has 31 nitrogen and oxygen atoms in total. The summed E-state index contributed by atoms with van der Waals surface area (Å²) >= 11 is 0. The molecular weight excluding hydrogens is 1520 g/mol. The van der Waals surface area contributed by atoms with Gasteiger partial charge in [-0.15, -0.1) is 5.10 Å². The first-order valence-corrected chi connectivity index (χ1v) is 41.5. The van der Waals surface area contributed by atoms with Crippen molar-refractivity contribution in [1.29, 1.82) is 0 Å². The lowest BCUT2D eigenvalue weighted by atomic mass is 9.85. The number of ether oxygens (including phenoxy) is 3. The molecule has 32 heteroatoms. The highest BCUT2D eigenvalue weighted by molar-refractivity contribution is 7.91. The molecule has 117 heavy (non-hydrogen) atoms. The van der Waals surface area contributed by atoms with Crippen molar-refractivity contribution in [3.8, 4) is 11.5 Å². The van der Waals surface area contributed by atoms with Crippen LogP contribution in [0.15, 0.2) is 152 Å². The van der Waals surface area contributed by atoms with Crippen LogP contribution >= 0.6 is 0 Å². The lowest BCUT2D eigenvalue weighted by Crippen LogP contribution is -2.60. The number of fused-ring (bicyclic) bond motifs is 2. The molecule has 7 aliphatic heterocycles. The van der Waals surface area contributed by atoms with Crippen molar-refractivity contribution in [3.05, 3.63) is 180 Å². The molecule has 3 saturated heterocycles. The van der Waals surface area contributed by atoms with Crippen molar-refractivity contribution in [3.63, 3.8) is 0 Å². The maximum Gasteiger partial charge on any atom is 0.326 e. The number of carboxylic acids is 1. The number of aliphatic carboxylic acids is 1. The molecular formula is C85H105N15O16S. The van der Waals surface area contributed by atoms with Crippen LogP contribution < -0.4 is 62.0 Å². The number of carbonyl (C=O) groups excluding carboxylic acids is 9. The minimum absolute atomic E-state index is 0.00610. The van der Waals surface area contributed by atoms with E-state index in [1.165, 1.54) is 14.5 Å². The molecule has 15 rings (SSSR count). The summed E-state index contributed by atoms with van der Waals surface area (Å²) < 4.78 is 49.6. The van der Waals surface area contributed by atoms with Crippen LogP contribution in [0.4, 0.5) is 0 Å². The van der Waals surface area contributed by atoms with E-state index in [0.29, 0.717) is 78.2 Å². The number of likely N-dealkylation sites (tertiary alicyclic amines) is 2. The molecule has 8 aliphatic rings. The third-order valence-corrected chi connectivity index (χ3v) is 24.2. The molecule has 11 N–H and O–H groups in total. The molecule has 0 spiro atoms. The zero-order valence-corrected chi connectivity index (χ0v) is 67.6. The SMILES string of the molecule is CN[C@@H](C)C(=O)N[C@H](C(=O)N1CC2CC1C(=O)N[C@@H](Cc1ccc3ccccc3c1)C(=O)N[C@H](C(=O)NS(=O)(=O)C1CC1)Cc1ccc(cc1)OCc1cn(nn1)C1C[C@@H](C(=O)N[C@@H](Cc3ccc4ccccc4c3)C(=O)N[C@H](C(=O)O)Cc3ccc(cc3)OC/C=C/CO2)N(C(=O)[C@@H](NC(=O)[C@H](C)NC)C(C)(C)C)C1)C1CCNCC1.